The van der Waals surface area contributed by atoms with E-state index in [2.05, 4.69) is 10.1 Å². The first-order chi connectivity index (χ1) is 3.29. The van der Waals surface area contributed by atoms with Gasteiger partial charge >= 0.3 is 0 Å². The minimum atomic E-state index is -1.08. The van der Waals surface area contributed by atoms with E-state index in [1.54, 1.807) is 0 Å². The van der Waals surface area contributed by atoms with Gasteiger partial charge < -0.3 is 15.2 Å². The number of rotatable bonds is 0. The van der Waals surface area contributed by atoms with Crippen LogP contribution in [0, 0.1) is 0 Å². The number of nitrogens with one attached hydrogen (secondary N) is 1. The van der Waals surface area contributed by atoms with Gasteiger partial charge in [-0.25, -0.2) is 0 Å². The van der Waals surface area contributed by atoms with E-state index in [4.69, 9.17) is 5.11 Å². The van der Waals surface area contributed by atoms with Crippen molar-refractivity contribution in [3.05, 3.63) is 0 Å². The minimum absolute atomic E-state index is 0.0266. The number of carbonyl (C=O) groups excluding carboxylic acids is 1. The molecule has 1 rings (SSSR count). The van der Waals surface area contributed by atoms with E-state index in [1.807, 2.05) is 0 Å². The summed E-state index contributed by atoms with van der Waals surface area (Å²) in [5, 5.41) is 10.5. The number of hydrogen-bond donors (Lipinski definition) is 2. The maximum absolute atomic E-state index is 10.1. The molecule has 4 nitrogen and oxygen atoms in total. The molecule has 0 bridgehead atoms. The van der Waals surface area contributed by atoms with Crippen molar-refractivity contribution in [3.8, 4) is 0 Å². The van der Waals surface area contributed by atoms with Gasteiger partial charge in [-0.05, 0) is 0 Å². The van der Waals surface area contributed by atoms with Gasteiger partial charge in [0.25, 0.3) is 0 Å². The highest BCUT2D eigenvalue weighted by Crippen LogP contribution is 1.89. The van der Waals surface area contributed by atoms with Gasteiger partial charge in [0.1, 0.15) is 6.61 Å². The molecule has 0 saturated carbocycles. The Hall–Kier alpha value is -0.610. The molecule has 0 radical (unpaired) electrons. The predicted octanol–water partition coefficient (Wildman–Crippen LogP) is -1.59. The van der Waals surface area contributed by atoms with Crippen LogP contribution in [0.15, 0.2) is 0 Å². The molecule has 2 N–H and O–H groups in total. The van der Waals surface area contributed by atoms with Crippen LogP contribution in [-0.4, -0.2) is 24.0 Å². The molecule has 4 heteroatoms. The van der Waals surface area contributed by atoms with Crippen LogP contribution in [0.3, 0.4) is 0 Å². The first-order valence-corrected chi connectivity index (χ1v) is 1.88. The Balaban J connectivity index is 2.40. The highest BCUT2D eigenvalue weighted by atomic mass is 16.6. The van der Waals surface area contributed by atoms with Gasteiger partial charge in [-0.3, -0.25) is 4.79 Å². The molecular formula is C3H5NO3. The Morgan fingerprint density at radius 3 is 2.86 bits per heavy atom. The van der Waals surface area contributed by atoms with Crippen molar-refractivity contribution in [2.24, 2.45) is 0 Å². The summed E-state index contributed by atoms with van der Waals surface area (Å²) in [7, 11) is 0. The second kappa shape index (κ2) is 1.48. The van der Waals surface area contributed by atoms with Crippen LogP contribution in [0.5, 0.6) is 0 Å². The molecule has 7 heavy (non-hydrogen) atoms. The maximum atomic E-state index is 10.1. The fourth-order valence-electron chi connectivity index (χ4n) is 0.376. The first-order valence-electron chi connectivity index (χ1n) is 1.88. The molecule has 1 atom stereocenters. The van der Waals surface area contributed by atoms with E-state index in [-0.39, 0.29) is 12.5 Å². The molecule has 0 aromatic carbocycles. The number of hydrogen-bond acceptors (Lipinski definition) is 3. The van der Waals surface area contributed by atoms with Crippen LogP contribution >= 0.6 is 0 Å². The quantitative estimate of drug-likeness (QED) is 0.388. The van der Waals surface area contributed by atoms with Gasteiger partial charge in [0.15, 0.2) is 0 Å². The molecule has 40 valence electrons. The SMILES string of the molecule is O=C1COC(O)N1. The lowest BCUT2D eigenvalue weighted by atomic mass is 10.7. The number of carbonyl (C=O) groups is 1. The summed E-state index contributed by atoms with van der Waals surface area (Å²) in [6.45, 7) is -0.0266. The third kappa shape index (κ3) is 0.880. The van der Waals surface area contributed by atoms with E-state index in [0.717, 1.165) is 0 Å². The maximum Gasteiger partial charge on any atom is 0.250 e. The fourth-order valence-corrected chi connectivity index (χ4v) is 0.376. The molecule has 0 spiro atoms. The topological polar surface area (TPSA) is 58.6 Å². The molecule has 1 heterocycles. The lowest BCUT2D eigenvalue weighted by Crippen LogP contribution is -2.25. The third-order valence-corrected chi connectivity index (χ3v) is 0.657. The van der Waals surface area contributed by atoms with Crippen molar-refractivity contribution in [2.75, 3.05) is 6.61 Å². The summed E-state index contributed by atoms with van der Waals surface area (Å²) in [5.41, 5.74) is 0. The third-order valence-electron chi connectivity index (χ3n) is 0.657. The van der Waals surface area contributed by atoms with E-state index in [0.29, 0.717) is 0 Å². The predicted molar refractivity (Wildman–Crippen MR) is 20.1 cm³/mol. The summed E-state index contributed by atoms with van der Waals surface area (Å²) >= 11 is 0. The average Bonchev–Trinajstić information content (AvgIpc) is 1.87. The van der Waals surface area contributed by atoms with Crippen molar-refractivity contribution >= 4 is 5.91 Å². The monoisotopic (exact) mass is 103 g/mol. The lowest BCUT2D eigenvalue weighted by Gasteiger charge is -1.94. The molecule has 1 saturated heterocycles. The Labute approximate surface area is 40.1 Å². The molecule has 1 aliphatic heterocycles. The molecule has 0 aliphatic carbocycles. The van der Waals surface area contributed by atoms with Gasteiger partial charge in [-0.15, -0.1) is 0 Å². The highest BCUT2D eigenvalue weighted by molar-refractivity contribution is 5.78. The van der Waals surface area contributed by atoms with Crippen LogP contribution in [0.2, 0.25) is 0 Å². The summed E-state index contributed by atoms with van der Waals surface area (Å²) in [6.07, 6.45) is -1.08. The summed E-state index contributed by atoms with van der Waals surface area (Å²) in [5.74, 6) is -0.271. The van der Waals surface area contributed by atoms with Gasteiger partial charge in [-0.2, -0.15) is 0 Å². The van der Waals surface area contributed by atoms with Crippen LogP contribution in [-0.2, 0) is 9.53 Å². The van der Waals surface area contributed by atoms with Crippen molar-refractivity contribution in [1.82, 2.24) is 5.32 Å². The summed E-state index contributed by atoms with van der Waals surface area (Å²) < 4.78 is 4.36. The number of aliphatic hydroxyl groups excluding tert-OH is 1. The van der Waals surface area contributed by atoms with Gasteiger partial charge in [0.2, 0.25) is 12.3 Å². The molecule has 1 fully saturated rings. The molecule has 0 aromatic rings. The van der Waals surface area contributed by atoms with Crippen LogP contribution in [0.4, 0.5) is 0 Å². The number of amides is 1. The Morgan fingerprint density at radius 1 is 2.00 bits per heavy atom. The van der Waals surface area contributed by atoms with E-state index in [1.165, 1.54) is 0 Å². The first kappa shape index (κ1) is 4.55. The second-order valence-corrected chi connectivity index (χ2v) is 1.23. The van der Waals surface area contributed by atoms with Crippen molar-refractivity contribution in [2.45, 2.75) is 6.41 Å². The van der Waals surface area contributed by atoms with Crippen molar-refractivity contribution in [1.29, 1.82) is 0 Å². The van der Waals surface area contributed by atoms with Crippen LogP contribution < -0.4 is 5.32 Å². The smallest absolute Gasteiger partial charge is 0.250 e. The molecule has 1 unspecified atom stereocenters. The number of ether oxygens (including phenoxy) is 1. The summed E-state index contributed by atoms with van der Waals surface area (Å²) in [6, 6.07) is 0. The normalized spacial score (nSPS) is 30.4. The zero-order valence-corrected chi connectivity index (χ0v) is 3.55. The van der Waals surface area contributed by atoms with Gasteiger partial charge in [0, 0.05) is 0 Å². The molecule has 1 aliphatic rings. The fraction of sp³-hybridized carbons (Fsp3) is 0.667. The Bertz CT molecular complexity index is 92.2. The second-order valence-electron chi connectivity index (χ2n) is 1.23. The van der Waals surface area contributed by atoms with E-state index in [9.17, 15) is 4.79 Å². The van der Waals surface area contributed by atoms with Gasteiger partial charge in [0.05, 0.1) is 0 Å². The molecular weight excluding hydrogens is 98.0 g/mol. The zero-order chi connectivity index (χ0) is 5.28. The summed E-state index contributed by atoms with van der Waals surface area (Å²) in [4.78, 5) is 10.1. The minimum Gasteiger partial charge on any atom is -0.351 e. The number of aliphatic hydroxyl groups is 1. The molecule has 0 aromatic heterocycles. The molecule has 1 amide bonds. The van der Waals surface area contributed by atoms with Crippen molar-refractivity contribution in [3.63, 3.8) is 0 Å². The lowest BCUT2D eigenvalue weighted by molar-refractivity contribution is -0.119. The van der Waals surface area contributed by atoms with Crippen LogP contribution in [0.25, 0.3) is 0 Å². The van der Waals surface area contributed by atoms with Crippen molar-refractivity contribution < 1.29 is 14.6 Å². The van der Waals surface area contributed by atoms with Crippen LogP contribution in [0.1, 0.15) is 0 Å². The largest absolute Gasteiger partial charge is 0.351 e. The van der Waals surface area contributed by atoms with Gasteiger partial charge in [-0.1, -0.05) is 0 Å². The Kier molecular flexibility index (Phi) is 0.958. The standard InChI is InChI=1S/C3H5NO3/c5-2-1-7-3(6)4-2/h3,6H,1H2,(H,4,5). The zero-order valence-electron chi connectivity index (χ0n) is 3.55. The van der Waals surface area contributed by atoms with E-state index >= 15 is 0 Å². The highest BCUT2D eigenvalue weighted by Gasteiger charge is 2.16. The van der Waals surface area contributed by atoms with E-state index < -0.39 is 6.41 Å². The average molecular weight is 103 g/mol. The Morgan fingerprint density at radius 2 is 2.71 bits per heavy atom.